The average Bonchev–Trinajstić information content (AvgIpc) is 3.33. The van der Waals surface area contributed by atoms with Gasteiger partial charge in [0.15, 0.2) is 5.58 Å². The number of hydrogen-bond acceptors (Lipinski definition) is 6. The van der Waals surface area contributed by atoms with Crippen LogP contribution in [0.25, 0.3) is 11.1 Å². The van der Waals surface area contributed by atoms with Crippen molar-refractivity contribution in [2.45, 2.75) is 18.9 Å². The van der Waals surface area contributed by atoms with E-state index in [1.807, 2.05) is 12.1 Å². The molecule has 7 heteroatoms. The van der Waals surface area contributed by atoms with Crippen molar-refractivity contribution in [2.24, 2.45) is 0 Å². The molecular weight excluding hydrogens is 412 g/mol. The normalized spacial score (nSPS) is 16.7. The van der Waals surface area contributed by atoms with E-state index in [9.17, 15) is 4.79 Å². The highest BCUT2D eigenvalue weighted by Gasteiger charge is 2.31. The van der Waals surface area contributed by atoms with E-state index in [2.05, 4.69) is 31.9 Å². The molecule has 0 bridgehead atoms. The van der Waals surface area contributed by atoms with Crippen molar-refractivity contribution in [3.63, 3.8) is 0 Å². The fourth-order valence-corrected chi connectivity index (χ4v) is 3.90. The lowest BCUT2D eigenvalue weighted by Crippen LogP contribution is -2.23. The molecule has 2 heterocycles. The average molecular weight is 431 g/mol. The maximum absolute atomic E-state index is 11.7. The number of ether oxygens (including phenoxy) is 2. The first-order chi connectivity index (χ1) is 13.1. The summed E-state index contributed by atoms with van der Waals surface area (Å²) in [5, 5.41) is 0. The molecule has 27 heavy (non-hydrogen) atoms. The largest absolute Gasteiger partial charge is 0.496 e. The van der Waals surface area contributed by atoms with Gasteiger partial charge in [0.25, 0.3) is 6.01 Å². The Morgan fingerprint density at radius 3 is 2.89 bits per heavy atom. The number of hydrogen-bond donors (Lipinski definition) is 0. The smallest absolute Gasteiger partial charge is 0.337 e. The Morgan fingerprint density at radius 1 is 1.26 bits per heavy atom. The number of halogens is 1. The number of aromatic nitrogens is 1. The zero-order valence-corrected chi connectivity index (χ0v) is 16.7. The SMILES string of the molecule is COC(=O)c1ccc2nc(N3CCCC3c3ccc(Br)cc3OC)oc2c1. The highest BCUT2D eigenvalue weighted by atomic mass is 79.9. The summed E-state index contributed by atoms with van der Waals surface area (Å²) in [5.74, 6) is 0.443. The Bertz CT molecular complexity index is 1000. The van der Waals surface area contributed by atoms with Crippen molar-refractivity contribution < 1.29 is 18.7 Å². The van der Waals surface area contributed by atoms with Gasteiger partial charge < -0.3 is 18.8 Å². The molecule has 1 aromatic heterocycles. The quantitative estimate of drug-likeness (QED) is 0.557. The lowest BCUT2D eigenvalue weighted by atomic mass is 10.0. The molecule has 1 aliphatic rings. The first-order valence-electron chi connectivity index (χ1n) is 8.69. The number of rotatable bonds is 4. The number of carbonyl (C=O) groups excluding carboxylic acids is 1. The third kappa shape index (κ3) is 3.27. The maximum Gasteiger partial charge on any atom is 0.337 e. The Kier molecular flexibility index (Phi) is 4.78. The highest BCUT2D eigenvalue weighted by molar-refractivity contribution is 9.10. The van der Waals surface area contributed by atoms with Crippen molar-refractivity contribution in [3.05, 3.63) is 52.0 Å². The van der Waals surface area contributed by atoms with Gasteiger partial charge in [0, 0.05) is 16.6 Å². The molecule has 0 N–H and O–H groups in total. The van der Waals surface area contributed by atoms with Crippen molar-refractivity contribution in [3.8, 4) is 5.75 Å². The van der Waals surface area contributed by atoms with Crippen molar-refractivity contribution in [2.75, 3.05) is 25.7 Å². The predicted octanol–water partition coefficient (Wildman–Crippen LogP) is 4.73. The van der Waals surface area contributed by atoms with Crippen LogP contribution in [0.2, 0.25) is 0 Å². The van der Waals surface area contributed by atoms with Gasteiger partial charge in [0.05, 0.1) is 25.8 Å². The molecule has 1 unspecified atom stereocenters. The summed E-state index contributed by atoms with van der Waals surface area (Å²) < 4.78 is 17.3. The Balaban J connectivity index is 1.71. The second-order valence-electron chi connectivity index (χ2n) is 6.41. The number of nitrogens with zero attached hydrogens (tertiary/aromatic N) is 2. The molecule has 0 aliphatic carbocycles. The summed E-state index contributed by atoms with van der Waals surface area (Å²) in [6.07, 6.45) is 2.03. The molecular formula is C20H19BrN2O4. The number of oxazole rings is 1. The van der Waals surface area contributed by atoms with Gasteiger partial charge in [0.1, 0.15) is 11.3 Å². The van der Waals surface area contributed by atoms with Crippen molar-refractivity contribution >= 4 is 39.0 Å². The summed E-state index contributed by atoms with van der Waals surface area (Å²) in [7, 11) is 3.04. The fourth-order valence-electron chi connectivity index (χ4n) is 3.56. The summed E-state index contributed by atoms with van der Waals surface area (Å²) in [6.45, 7) is 0.848. The maximum atomic E-state index is 11.7. The lowest BCUT2D eigenvalue weighted by Gasteiger charge is -2.24. The first-order valence-corrected chi connectivity index (χ1v) is 9.49. The van der Waals surface area contributed by atoms with Crippen LogP contribution in [-0.4, -0.2) is 31.7 Å². The summed E-state index contributed by atoms with van der Waals surface area (Å²) in [5.41, 5.74) is 2.84. The van der Waals surface area contributed by atoms with Crippen molar-refractivity contribution in [1.82, 2.24) is 4.98 Å². The topological polar surface area (TPSA) is 64.8 Å². The molecule has 3 aromatic rings. The Labute approximate surface area is 165 Å². The zero-order chi connectivity index (χ0) is 19.0. The zero-order valence-electron chi connectivity index (χ0n) is 15.1. The van der Waals surface area contributed by atoms with E-state index < -0.39 is 5.97 Å². The number of esters is 1. The van der Waals surface area contributed by atoms with Crippen LogP contribution in [0.4, 0.5) is 6.01 Å². The lowest BCUT2D eigenvalue weighted by molar-refractivity contribution is 0.0601. The molecule has 4 rings (SSSR count). The van der Waals surface area contributed by atoms with E-state index in [1.165, 1.54) is 7.11 Å². The minimum absolute atomic E-state index is 0.126. The van der Waals surface area contributed by atoms with E-state index in [4.69, 9.17) is 13.9 Å². The third-order valence-electron chi connectivity index (χ3n) is 4.85. The molecule has 1 aliphatic heterocycles. The number of fused-ring (bicyclic) bond motifs is 1. The van der Waals surface area contributed by atoms with Gasteiger partial charge >= 0.3 is 5.97 Å². The monoisotopic (exact) mass is 430 g/mol. The second-order valence-corrected chi connectivity index (χ2v) is 7.32. The van der Waals surface area contributed by atoms with Gasteiger partial charge in [-0.3, -0.25) is 0 Å². The molecule has 1 fully saturated rings. The fraction of sp³-hybridized carbons (Fsp3) is 0.300. The molecule has 1 saturated heterocycles. The molecule has 0 amide bonds. The standard InChI is InChI=1S/C20H19BrN2O4/c1-25-17-11-13(21)6-7-14(17)16-4-3-9-23(16)20-22-15-8-5-12(19(24)26-2)10-18(15)27-20/h5-8,10-11,16H,3-4,9H2,1-2H3. The van der Waals surface area contributed by atoms with Gasteiger partial charge in [-0.2, -0.15) is 4.98 Å². The number of benzene rings is 2. The molecule has 140 valence electrons. The van der Waals surface area contributed by atoms with E-state index in [1.54, 1.807) is 25.3 Å². The molecule has 2 aromatic carbocycles. The molecule has 0 saturated carbocycles. The van der Waals surface area contributed by atoms with E-state index in [0.717, 1.165) is 35.2 Å². The minimum atomic E-state index is -0.395. The molecule has 0 spiro atoms. The van der Waals surface area contributed by atoms with Crippen LogP contribution < -0.4 is 9.64 Å². The summed E-state index contributed by atoms with van der Waals surface area (Å²) >= 11 is 3.49. The number of anilines is 1. The van der Waals surface area contributed by atoms with E-state index >= 15 is 0 Å². The van der Waals surface area contributed by atoms with Gasteiger partial charge in [-0.15, -0.1) is 0 Å². The van der Waals surface area contributed by atoms with Crippen LogP contribution in [0.3, 0.4) is 0 Å². The Hall–Kier alpha value is -2.54. The first kappa shape index (κ1) is 17.9. The number of carbonyl (C=O) groups is 1. The molecule has 1 atom stereocenters. The van der Waals surface area contributed by atoms with Crippen molar-refractivity contribution in [1.29, 1.82) is 0 Å². The molecule has 0 radical (unpaired) electrons. The summed E-state index contributed by atoms with van der Waals surface area (Å²) in [4.78, 5) is 18.5. The van der Waals surface area contributed by atoms with Crippen LogP contribution in [0, 0.1) is 0 Å². The van der Waals surface area contributed by atoms with E-state index in [0.29, 0.717) is 22.7 Å². The Morgan fingerprint density at radius 2 is 2.11 bits per heavy atom. The molecule has 6 nitrogen and oxygen atoms in total. The van der Waals surface area contributed by atoms with Gasteiger partial charge in [-0.25, -0.2) is 4.79 Å². The third-order valence-corrected chi connectivity index (χ3v) is 5.34. The van der Waals surface area contributed by atoms with Gasteiger partial charge in [-0.05, 0) is 43.2 Å². The summed E-state index contributed by atoms with van der Waals surface area (Å²) in [6, 6.07) is 11.9. The van der Waals surface area contributed by atoms with E-state index in [-0.39, 0.29) is 6.04 Å². The highest BCUT2D eigenvalue weighted by Crippen LogP contribution is 2.41. The number of methoxy groups -OCH3 is 2. The van der Waals surface area contributed by atoms with Gasteiger partial charge in [0.2, 0.25) is 0 Å². The van der Waals surface area contributed by atoms with Crippen LogP contribution >= 0.6 is 15.9 Å². The van der Waals surface area contributed by atoms with Gasteiger partial charge in [-0.1, -0.05) is 22.0 Å². The van der Waals surface area contributed by atoms with Crippen LogP contribution in [0.1, 0.15) is 34.8 Å². The van der Waals surface area contributed by atoms with Crippen LogP contribution in [0.15, 0.2) is 45.3 Å². The predicted molar refractivity (Wildman–Crippen MR) is 105 cm³/mol. The van der Waals surface area contributed by atoms with Crippen LogP contribution in [-0.2, 0) is 4.74 Å². The minimum Gasteiger partial charge on any atom is -0.496 e. The second kappa shape index (κ2) is 7.23. The van der Waals surface area contributed by atoms with Crippen LogP contribution in [0.5, 0.6) is 5.75 Å².